The fraction of sp³-hybridized carbons (Fsp3) is 0.952. The van der Waals surface area contributed by atoms with Crippen LogP contribution in [0.3, 0.4) is 0 Å². The third-order valence-corrected chi connectivity index (χ3v) is 8.93. The van der Waals surface area contributed by atoms with Crippen molar-refractivity contribution in [2.45, 2.75) is 82.8 Å². The van der Waals surface area contributed by atoms with E-state index >= 15 is 0 Å². The van der Waals surface area contributed by atoms with Gasteiger partial charge in [0.2, 0.25) is 0 Å². The first-order valence-electron chi connectivity index (χ1n) is 10.8. The minimum atomic E-state index is -0.664. The molecule has 0 radical (unpaired) electrons. The molecule has 3 aliphatic rings. The van der Waals surface area contributed by atoms with Gasteiger partial charge in [0.15, 0.2) is 0 Å². The molecule has 0 aromatic rings. The van der Waals surface area contributed by atoms with Gasteiger partial charge in [-0.15, -0.1) is 0 Å². The minimum absolute atomic E-state index is 0.321. The quantitative estimate of drug-likeness (QED) is 0.440. The molecule has 0 amide bonds. The Morgan fingerprint density at radius 2 is 1.65 bits per heavy atom. The largest absolute Gasteiger partial charge is 0.481 e. The van der Waals surface area contributed by atoms with Gasteiger partial charge in [-0.25, -0.2) is 0 Å². The SMILES string of the molecule is O=C(O)CCCCSCCC1C2CCC(O2)C1CSCC1CCCCC1. The Kier molecular flexibility index (Phi) is 8.99. The molecule has 3 nitrogen and oxygen atoms in total. The van der Waals surface area contributed by atoms with Crippen molar-refractivity contribution in [2.24, 2.45) is 17.8 Å². The van der Waals surface area contributed by atoms with Crippen molar-refractivity contribution in [3.8, 4) is 0 Å². The predicted molar refractivity (Wildman–Crippen MR) is 112 cm³/mol. The van der Waals surface area contributed by atoms with Crippen LogP contribution in [0.5, 0.6) is 0 Å². The van der Waals surface area contributed by atoms with Crippen LogP contribution >= 0.6 is 23.5 Å². The summed E-state index contributed by atoms with van der Waals surface area (Å²) in [6, 6.07) is 0. The lowest BCUT2D eigenvalue weighted by Gasteiger charge is -2.28. The maximum absolute atomic E-state index is 10.5. The molecule has 1 N–H and O–H groups in total. The molecule has 0 aromatic carbocycles. The van der Waals surface area contributed by atoms with Crippen LogP contribution in [0.4, 0.5) is 0 Å². The number of thioether (sulfide) groups is 2. The van der Waals surface area contributed by atoms with E-state index < -0.39 is 5.97 Å². The van der Waals surface area contributed by atoms with E-state index in [4.69, 9.17) is 9.84 Å². The van der Waals surface area contributed by atoms with Gasteiger partial charge in [0.05, 0.1) is 12.2 Å². The summed E-state index contributed by atoms with van der Waals surface area (Å²) < 4.78 is 6.27. The molecule has 3 fully saturated rings. The minimum Gasteiger partial charge on any atom is -0.481 e. The van der Waals surface area contributed by atoms with Gasteiger partial charge in [0.1, 0.15) is 0 Å². The molecule has 4 atom stereocenters. The Morgan fingerprint density at radius 1 is 0.885 bits per heavy atom. The number of carboxylic acids is 1. The number of carboxylic acid groups (broad SMARTS) is 1. The maximum atomic E-state index is 10.5. The lowest BCUT2D eigenvalue weighted by molar-refractivity contribution is -0.137. The van der Waals surface area contributed by atoms with E-state index in [-0.39, 0.29) is 0 Å². The molecule has 0 aromatic heterocycles. The molecule has 3 rings (SSSR count). The smallest absolute Gasteiger partial charge is 0.303 e. The number of hydrogen-bond acceptors (Lipinski definition) is 4. The second kappa shape index (κ2) is 11.2. The first-order chi connectivity index (χ1) is 12.7. The Balaban J connectivity index is 1.31. The van der Waals surface area contributed by atoms with Gasteiger partial charge < -0.3 is 9.84 Å². The molecular formula is C21H36O3S2. The third-order valence-electron chi connectivity index (χ3n) is 6.50. The topological polar surface area (TPSA) is 46.5 Å². The number of unbranched alkanes of at least 4 members (excludes halogenated alkanes) is 1. The van der Waals surface area contributed by atoms with Crippen molar-refractivity contribution >= 4 is 29.5 Å². The first-order valence-corrected chi connectivity index (χ1v) is 13.1. The summed E-state index contributed by atoms with van der Waals surface area (Å²) in [5.41, 5.74) is 0. The average molecular weight is 401 g/mol. The lowest BCUT2D eigenvalue weighted by atomic mass is 9.79. The lowest BCUT2D eigenvalue weighted by Crippen LogP contribution is -2.29. The molecule has 2 saturated heterocycles. The van der Waals surface area contributed by atoms with E-state index in [1.807, 2.05) is 11.8 Å². The molecule has 5 heteroatoms. The summed E-state index contributed by atoms with van der Waals surface area (Å²) in [7, 11) is 0. The summed E-state index contributed by atoms with van der Waals surface area (Å²) in [5.74, 6) is 6.89. The zero-order valence-corrected chi connectivity index (χ0v) is 17.7. The molecule has 1 saturated carbocycles. The van der Waals surface area contributed by atoms with E-state index in [9.17, 15) is 4.79 Å². The molecular weight excluding hydrogens is 364 g/mol. The number of carbonyl (C=O) groups is 1. The van der Waals surface area contributed by atoms with Gasteiger partial charge in [-0.05, 0) is 85.7 Å². The highest BCUT2D eigenvalue weighted by Gasteiger charge is 2.47. The van der Waals surface area contributed by atoms with Crippen LogP contribution in [0.1, 0.15) is 70.6 Å². The van der Waals surface area contributed by atoms with Crippen LogP contribution in [-0.4, -0.2) is 46.3 Å². The van der Waals surface area contributed by atoms with Crippen molar-refractivity contribution in [3.63, 3.8) is 0 Å². The van der Waals surface area contributed by atoms with Gasteiger partial charge in [0.25, 0.3) is 0 Å². The monoisotopic (exact) mass is 400 g/mol. The molecule has 150 valence electrons. The van der Waals surface area contributed by atoms with Gasteiger partial charge in [-0.3, -0.25) is 4.79 Å². The molecule has 2 aliphatic heterocycles. The Labute approximate surface area is 167 Å². The molecule has 1 aliphatic carbocycles. The number of fused-ring (bicyclic) bond motifs is 2. The van der Waals surface area contributed by atoms with Gasteiger partial charge in [-0.2, -0.15) is 23.5 Å². The van der Waals surface area contributed by atoms with Gasteiger partial charge in [-0.1, -0.05) is 19.3 Å². The Bertz CT molecular complexity index is 425. The Morgan fingerprint density at radius 3 is 2.42 bits per heavy atom. The average Bonchev–Trinajstić information content (AvgIpc) is 3.24. The van der Waals surface area contributed by atoms with Crippen LogP contribution < -0.4 is 0 Å². The van der Waals surface area contributed by atoms with Crippen molar-refractivity contribution in [2.75, 3.05) is 23.0 Å². The second-order valence-electron chi connectivity index (χ2n) is 8.41. The number of aliphatic carboxylic acids is 1. The van der Waals surface area contributed by atoms with Gasteiger partial charge >= 0.3 is 5.97 Å². The number of rotatable bonds is 12. The number of hydrogen-bond donors (Lipinski definition) is 1. The normalized spacial score (nSPS) is 31.5. The number of ether oxygens (including phenoxy) is 1. The molecule has 0 spiro atoms. The zero-order valence-electron chi connectivity index (χ0n) is 16.1. The van der Waals surface area contributed by atoms with E-state index in [0.717, 1.165) is 36.3 Å². The zero-order chi connectivity index (χ0) is 18.2. The van der Waals surface area contributed by atoms with Crippen LogP contribution in [0.2, 0.25) is 0 Å². The second-order valence-corrected chi connectivity index (χ2v) is 10.7. The molecule has 26 heavy (non-hydrogen) atoms. The van der Waals surface area contributed by atoms with Crippen molar-refractivity contribution < 1.29 is 14.6 Å². The molecule has 4 unspecified atom stereocenters. The summed E-state index contributed by atoms with van der Waals surface area (Å²) in [4.78, 5) is 10.5. The standard InChI is InChI=1S/C21H36O3S2/c22-21(23)8-4-5-12-25-13-11-17-18(20-10-9-19(17)24-20)15-26-14-16-6-2-1-3-7-16/h16-20H,1-15H2,(H,22,23). The highest BCUT2D eigenvalue weighted by atomic mass is 32.2. The van der Waals surface area contributed by atoms with E-state index in [2.05, 4.69) is 11.8 Å². The summed E-state index contributed by atoms with van der Waals surface area (Å²) in [6.07, 6.45) is 14.4. The summed E-state index contributed by atoms with van der Waals surface area (Å²) >= 11 is 4.22. The van der Waals surface area contributed by atoms with Gasteiger partial charge in [0, 0.05) is 6.42 Å². The summed E-state index contributed by atoms with van der Waals surface area (Å²) in [6.45, 7) is 0. The van der Waals surface area contributed by atoms with E-state index in [1.54, 1.807) is 0 Å². The highest BCUT2D eigenvalue weighted by Crippen LogP contribution is 2.46. The van der Waals surface area contributed by atoms with Crippen LogP contribution in [0.15, 0.2) is 0 Å². The van der Waals surface area contributed by atoms with Crippen molar-refractivity contribution in [1.82, 2.24) is 0 Å². The third kappa shape index (κ3) is 6.34. The van der Waals surface area contributed by atoms with E-state index in [0.29, 0.717) is 18.6 Å². The summed E-state index contributed by atoms with van der Waals surface area (Å²) in [5, 5.41) is 8.68. The Hall–Kier alpha value is 0.130. The van der Waals surface area contributed by atoms with Crippen molar-refractivity contribution in [3.05, 3.63) is 0 Å². The van der Waals surface area contributed by atoms with Crippen molar-refractivity contribution in [1.29, 1.82) is 0 Å². The fourth-order valence-electron chi connectivity index (χ4n) is 5.03. The maximum Gasteiger partial charge on any atom is 0.303 e. The van der Waals surface area contributed by atoms with Crippen LogP contribution in [0, 0.1) is 17.8 Å². The van der Waals surface area contributed by atoms with Crippen LogP contribution in [-0.2, 0) is 9.53 Å². The molecule has 2 heterocycles. The fourth-order valence-corrected chi connectivity index (χ4v) is 7.62. The molecule has 2 bridgehead atoms. The highest BCUT2D eigenvalue weighted by molar-refractivity contribution is 7.99. The predicted octanol–water partition coefficient (Wildman–Crippen LogP) is 5.47. The van der Waals surface area contributed by atoms with Crippen LogP contribution in [0.25, 0.3) is 0 Å². The first kappa shape index (κ1) is 20.9. The van der Waals surface area contributed by atoms with E-state index in [1.165, 1.54) is 68.6 Å².